The Morgan fingerprint density at radius 3 is 2.88 bits per heavy atom. The molecule has 1 aliphatic heterocycles. The largest absolute Gasteiger partial charge is 0.477 e. The molecule has 1 aromatic heterocycles. The molecule has 5 heteroatoms. The van der Waals surface area contributed by atoms with Crippen LogP contribution in [0.5, 0.6) is 0 Å². The number of ether oxygens (including phenoxy) is 1. The molecule has 1 saturated heterocycles. The number of rotatable bonds is 4. The zero-order valence-corrected chi connectivity index (χ0v) is 10.7. The first-order valence-corrected chi connectivity index (χ1v) is 6.62. The Bertz CT molecular complexity index is 396. The Morgan fingerprint density at radius 2 is 2.29 bits per heavy atom. The monoisotopic (exact) mass is 255 g/mol. The molecule has 0 bridgehead atoms. The van der Waals surface area contributed by atoms with Crippen LogP contribution in [0.3, 0.4) is 0 Å². The highest BCUT2D eigenvalue weighted by Gasteiger charge is 2.15. The lowest BCUT2D eigenvalue weighted by Gasteiger charge is -2.23. The second-order valence-corrected chi connectivity index (χ2v) is 5.52. The summed E-state index contributed by atoms with van der Waals surface area (Å²) in [6.45, 7) is 4.36. The van der Waals surface area contributed by atoms with Crippen LogP contribution in [0.15, 0.2) is 6.07 Å². The predicted octanol–water partition coefficient (Wildman–Crippen LogP) is 2.02. The van der Waals surface area contributed by atoms with Gasteiger partial charge in [0.25, 0.3) is 0 Å². The van der Waals surface area contributed by atoms with E-state index < -0.39 is 5.97 Å². The number of hydrogen-bond acceptors (Lipinski definition) is 4. The molecular weight excluding hydrogens is 238 g/mol. The second kappa shape index (κ2) is 5.62. The van der Waals surface area contributed by atoms with Gasteiger partial charge >= 0.3 is 5.97 Å². The SMILES string of the molecule is Cc1sc(C(=O)O)cc1CNC1CCOCC1. The molecule has 94 valence electrons. The number of hydrogen-bond donors (Lipinski definition) is 2. The maximum Gasteiger partial charge on any atom is 0.345 e. The molecule has 17 heavy (non-hydrogen) atoms. The van der Waals surface area contributed by atoms with Gasteiger partial charge in [0.15, 0.2) is 0 Å². The molecule has 1 fully saturated rings. The Balaban J connectivity index is 1.91. The fourth-order valence-corrected chi connectivity index (χ4v) is 2.84. The maximum absolute atomic E-state index is 10.8. The lowest BCUT2D eigenvalue weighted by Crippen LogP contribution is -2.34. The summed E-state index contributed by atoms with van der Waals surface area (Å²) in [4.78, 5) is 12.4. The highest BCUT2D eigenvalue weighted by atomic mass is 32.1. The minimum atomic E-state index is -0.838. The van der Waals surface area contributed by atoms with E-state index in [2.05, 4.69) is 5.32 Å². The Morgan fingerprint density at radius 1 is 1.59 bits per heavy atom. The summed E-state index contributed by atoms with van der Waals surface area (Å²) >= 11 is 1.34. The molecule has 2 N–H and O–H groups in total. The maximum atomic E-state index is 10.8. The van der Waals surface area contributed by atoms with Gasteiger partial charge in [-0.05, 0) is 31.4 Å². The van der Waals surface area contributed by atoms with Crippen molar-refractivity contribution in [3.8, 4) is 0 Å². The molecule has 1 aromatic rings. The van der Waals surface area contributed by atoms with Crippen LogP contribution in [0.1, 0.15) is 33.0 Å². The van der Waals surface area contributed by atoms with Crippen molar-refractivity contribution in [2.24, 2.45) is 0 Å². The van der Waals surface area contributed by atoms with Crippen LogP contribution in [0.25, 0.3) is 0 Å². The van der Waals surface area contributed by atoms with Crippen molar-refractivity contribution >= 4 is 17.3 Å². The van der Waals surface area contributed by atoms with Crippen molar-refractivity contribution in [2.75, 3.05) is 13.2 Å². The molecule has 0 aliphatic carbocycles. The minimum absolute atomic E-state index is 0.422. The van der Waals surface area contributed by atoms with Crippen LogP contribution in [-0.2, 0) is 11.3 Å². The summed E-state index contributed by atoms with van der Waals surface area (Å²) < 4.78 is 5.30. The molecule has 2 heterocycles. The van der Waals surface area contributed by atoms with Crippen LogP contribution in [0, 0.1) is 6.92 Å². The molecule has 1 aliphatic rings. The number of aryl methyl sites for hydroxylation is 1. The number of nitrogens with one attached hydrogen (secondary N) is 1. The smallest absolute Gasteiger partial charge is 0.345 e. The zero-order chi connectivity index (χ0) is 12.3. The third kappa shape index (κ3) is 3.28. The van der Waals surface area contributed by atoms with E-state index >= 15 is 0 Å². The molecule has 0 radical (unpaired) electrons. The van der Waals surface area contributed by atoms with E-state index in [1.165, 1.54) is 11.3 Å². The van der Waals surface area contributed by atoms with E-state index in [-0.39, 0.29) is 0 Å². The molecule has 0 amide bonds. The normalized spacial score (nSPS) is 17.2. The van der Waals surface area contributed by atoms with E-state index in [9.17, 15) is 4.79 Å². The van der Waals surface area contributed by atoms with Crippen LogP contribution >= 0.6 is 11.3 Å². The van der Waals surface area contributed by atoms with Gasteiger partial charge in [-0.1, -0.05) is 0 Å². The van der Waals surface area contributed by atoms with Gasteiger partial charge in [0.1, 0.15) is 4.88 Å². The lowest BCUT2D eigenvalue weighted by atomic mass is 10.1. The molecular formula is C12H17NO3S. The van der Waals surface area contributed by atoms with Gasteiger partial charge in [-0.2, -0.15) is 0 Å². The Kier molecular flexibility index (Phi) is 4.15. The van der Waals surface area contributed by atoms with Gasteiger partial charge in [-0.15, -0.1) is 11.3 Å². The van der Waals surface area contributed by atoms with Crippen molar-refractivity contribution in [1.82, 2.24) is 5.32 Å². The first kappa shape index (κ1) is 12.5. The summed E-state index contributed by atoms with van der Waals surface area (Å²) in [5.74, 6) is -0.838. The Hall–Kier alpha value is -0.910. The fourth-order valence-electron chi connectivity index (χ4n) is 1.96. The van der Waals surface area contributed by atoms with E-state index in [1.54, 1.807) is 6.07 Å². The quantitative estimate of drug-likeness (QED) is 0.864. The van der Waals surface area contributed by atoms with Crippen LogP contribution < -0.4 is 5.32 Å². The van der Waals surface area contributed by atoms with Gasteiger partial charge in [-0.3, -0.25) is 0 Å². The number of thiophene rings is 1. The highest BCUT2D eigenvalue weighted by Crippen LogP contribution is 2.22. The van der Waals surface area contributed by atoms with Crippen molar-refractivity contribution in [2.45, 2.75) is 32.4 Å². The van der Waals surface area contributed by atoms with Crippen molar-refractivity contribution in [1.29, 1.82) is 0 Å². The van der Waals surface area contributed by atoms with Crippen molar-refractivity contribution in [3.63, 3.8) is 0 Å². The highest BCUT2D eigenvalue weighted by molar-refractivity contribution is 7.14. The number of carboxylic acids is 1. The van der Waals surface area contributed by atoms with Gasteiger partial charge in [-0.25, -0.2) is 4.79 Å². The standard InChI is InChI=1S/C12H17NO3S/c1-8-9(6-11(17-8)12(14)15)7-13-10-2-4-16-5-3-10/h6,10,13H,2-5,7H2,1H3,(H,14,15). The third-order valence-corrected chi connectivity index (χ3v) is 4.11. The van der Waals surface area contributed by atoms with E-state index in [0.717, 1.165) is 43.0 Å². The van der Waals surface area contributed by atoms with E-state index in [1.807, 2.05) is 6.92 Å². The number of carbonyl (C=O) groups is 1. The van der Waals surface area contributed by atoms with E-state index in [0.29, 0.717) is 10.9 Å². The first-order chi connectivity index (χ1) is 8.16. The molecule has 0 saturated carbocycles. The number of carboxylic acid groups (broad SMARTS) is 1. The van der Waals surface area contributed by atoms with Crippen molar-refractivity contribution in [3.05, 3.63) is 21.4 Å². The molecule has 0 atom stereocenters. The molecule has 0 unspecified atom stereocenters. The van der Waals surface area contributed by atoms with E-state index in [4.69, 9.17) is 9.84 Å². The van der Waals surface area contributed by atoms with Crippen LogP contribution in [-0.4, -0.2) is 30.3 Å². The van der Waals surface area contributed by atoms with Gasteiger partial charge < -0.3 is 15.2 Å². The topological polar surface area (TPSA) is 58.6 Å². The first-order valence-electron chi connectivity index (χ1n) is 5.80. The number of aromatic carboxylic acids is 1. The fraction of sp³-hybridized carbons (Fsp3) is 0.583. The minimum Gasteiger partial charge on any atom is -0.477 e. The van der Waals surface area contributed by atoms with Gasteiger partial charge in [0.2, 0.25) is 0 Å². The van der Waals surface area contributed by atoms with Crippen LogP contribution in [0.2, 0.25) is 0 Å². The summed E-state index contributed by atoms with van der Waals surface area (Å²) in [5, 5.41) is 12.4. The average Bonchev–Trinajstić information content (AvgIpc) is 2.70. The summed E-state index contributed by atoms with van der Waals surface area (Å²) in [6, 6.07) is 2.27. The van der Waals surface area contributed by atoms with Gasteiger partial charge in [0, 0.05) is 30.7 Å². The summed E-state index contributed by atoms with van der Waals surface area (Å²) in [5.41, 5.74) is 1.10. The molecule has 0 aromatic carbocycles. The zero-order valence-electron chi connectivity index (χ0n) is 9.86. The van der Waals surface area contributed by atoms with Crippen molar-refractivity contribution < 1.29 is 14.6 Å². The summed E-state index contributed by atoms with van der Waals surface area (Å²) in [6.07, 6.45) is 2.07. The second-order valence-electron chi connectivity index (χ2n) is 4.26. The molecule has 2 rings (SSSR count). The lowest BCUT2D eigenvalue weighted by molar-refractivity contribution is 0.0702. The average molecular weight is 255 g/mol. The molecule has 0 spiro atoms. The summed E-state index contributed by atoms with van der Waals surface area (Å²) in [7, 11) is 0. The Labute approximate surface area is 105 Å². The third-order valence-electron chi connectivity index (χ3n) is 3.03. The predicted molar refractivity (Wildman–Crippen MR) is 66.7 cm³/mol. The molecule has 4 nitrogen and oxygen atoms in total. The van der Waals surface area contributed by atoms with Crippen LogP contribution in [0.4, 0.5) is 0 Å². The van der Waals surface area contributed by atoms with Gasteiger partial charge in [0.05, 0.1) is 0 Å².